The van der Waals surface area contributed by atoms with E-state index in [0.29, 0.717) is 22.9 Å². The summed E-state index contributed by atoms with van der Waals surface area (Å²) in [5.74, 6) is 0.0527. The van der Waals surface area contributed by atoms with Crippen LogP contribution >= 0.6 is 0 Å². The number of benzene rings is 2. The van der Waals surface area contributed by atoms with E-state index < -0.39 is 10.8 Å². The van der Waals surface area contributed by atoms with Crippen molar-refractivity contribution >= 4 is 17.4 Å². The second-order valence-corrected chi connectivity index (χ2v) is 8.04. The Morgan fingerprint density at radius 2 is 1.58 bits per heavy atom. The Kier molecular flexibility index (Phi) is 6.04. The van der Waals surface area contributed by atoms with E-state index in [1.54, 1.807) is 24.3 Å². The van der Waals surface area contributed by atoms with Crippen LogP contribution in [-0.4, -0.2) is 37.9 Å². The number of nitrogens with zero attached hydrogens (tertiary/aromatic N) is 1. The standard InChI is InChI=1S/C24H24N2O7/c1-31-20-10-15(11-21(32-2)24(20)33-3)14-8-18-23(19(27)9-14)17(12-22(28)25-18)13-4-6-16(7-5-13)26(29)30/h4-8,10-11,14,17,23H,9,12H2,1-3H3,(H,25,28)/t14-,17+,23+/m0/s1. The molecule has 33 heavy (non-hydrogen) atoms. The number of nitro benzene ring substituents is 1. The average molecular weight is 452 g/mol. The maximum Gasteiger partial charge on any atom is 0.269 e. The molecule has 0 saturated carbocycles. The van der Waals surface area contributed by atoms with E-state index in [4.69, 9.17) is 14.2 Å². The first kappa shape index (κ1) is 22.3. The number of nitro groups is 1. The first-order valence-corrected chi connectivity index (χ1v) is 10.4. The third-order valence-electron chi connectivity index (χ3n) is 6.22. The van der Waals surface area contributed by atoms with Crippen LogP contribution < -0.4 is 19.5 Å². The Morgan fingerprint density at radius 1 is 0.939 bits per heavy atom. The Hall–Kier alpha value is -3.88. The monoisotopic (exact) mass is 452 g/mol. The number of allylic oxidation sites excluding steroid dienone is 2. The Balaban J connectivity index is 1.71. The number of non-ortho nitro benzene ring substituents is 1. The van der Waals surface area contributed by atoms with Crippen LogP contribution in [0.2, 0.25) is 0 Å². The van der Waals surface area contributed by atoms with Crippen LogP contribution in [-0.2, 0) is 9.59 Å². The third-order valence-corrected chi connectivity index (χ3v) is 6.22. The molecule has 0 radical (unpaired) electrons. The Labute approximate surface area is 190 Å². The fourth-order valence-electron chi connectivity index (χ4n) is 4.67. The molecule has 0 spiro atoms. The van der Waals surface area contributed by atoms with E-state index in [2.05, 4.69) is 5.32 Å². The van der Waals surface area contributed by atoms with Crippen LogP contribution in [0.5, 0.6) is 17.2 Å². The van der Waals surface area contributed by atoms with Crippen molar-refractivity contribution in [3.63, 3.8) is 0 Å². The average Bonchev–Trinajstić information content (AvgIpc) is 2.82. The van der Waals surface area contributed by atoms with Crippen LogP contribution in [0.25, 0.3) is 0 Å². The van der Waals surface area contributed by atoms with Crippen LogP contribution in [0.15, 0.2) is 48.2 Å². The van der Waals surface area contributed by atoms with Gasteiger partial charge >= 0.3 is 0 Å². The second kappa shape index (κ2) is 8.93. The molecule has 3 atom stereocenters. The Morgan fingerprint density at radius 3 is 2.12 bits per heavy atom. The second-order valence-electron chi connectivity index (χ2n) is 8.04. The SMILES string of the molecule is COc1cc([C@H]2C=C3NC(=O)C[C@H](c4ccc([N+](=O)[O-])cc4)[C@H]3C(=O)C2)cc(OC)c1OC. The number of carbonyl (C=O) groups is 2. The minimum atomic E-state index is -0.512. The van der Waals surface area contributed by atoms with Gasteiger partial charge in [0.05, 0.1) is 32.2 Å². The molecule has 0 aromatic heterocycles. The van der Waals surface area contributed by atoms with E-state index in [0.717, 1.165) is 11.1 Å². The van der Waals surface area contributed by atoms with Crippen molar-refractivity contribution in [2.75, 3.05) is 21.3 Å². The molecule has 1 N–H and O–H groups in total. The number of carbonyl (C=O) groups excluding carboxylic acids is 2. The lowest BCUT2D eigenvalue weighted by atomic mass is 9.70. The van der Waals surface area contributed by atoms with Gasteiger partial charge in [-0.25, -0.2) is 0 Å². The molecule has 9 nitrogen and oxygen atoms in total. The number of piperidine rings is 1. The lowest BCUT2D eigenvalue weighted by molar-refractivity contribution is -0.384. The minimum absolute atomic E-state index is 0.00500. The quantitative estimate of drug-likeness (QED) is 0.527. The molecular formula is C24H24N2O7. The summed E-state index contributed by atoms with van der Waals surface area (Å²) in [6.45, 7) is 0. The molecule has 0 unspecified atom stereocenters. The number of Topliss-reactive ketones (excluding diaryl/α,β-unsaturated/α-hetero) is 1. The lowest BCUT2D eigenvalue weighted by Crippen LogP contribution is -2.43. The maximum atomic E-state index is 13.3. The molecule has 9 heteroatoms. The lowest BCUT2D eigenvalue weighted by Gasteiger charge is -2.37. The summed E-state index contributed by atoms with van der Waals surface area (Å²) in [5, 5.41) is 13.8. The van der Waals surface area contributed by atoms with Crippen LogP contribution in [0.3, 0.4) is 0 Å². The van der Waals surface area contributed by atoms with Crippen molar-refractivity contribution in [2.45, 2.75) is 24.7 Å². The molecule has 1 heterocycles. The Bertz CT molecular complexity index is 1110. The number of nitrogens with one attached hydrogen (secondary N) is 1. The number of fused-ring (bicyclic) bond motifs is 1. The summed E-state index contributed by atoms with van der Waals surface area (Å²) in [6, 6.07) is 9.65. The van der Waals surface area contributed by atoms with Crippen molar-refractivity contribution in [2.24, 2.45) is 5.92 Å². The summed E-state index contributed by atoms with van der Waals surface area (Å²) < 4.78 is 16.2. The fourth-order valence-corrected chi connectivity index (χ4v) is 4.67. The molecular weight excluding hydrogens is 428 g/mol. The van der Waals surface area contributed by atoms with Gasteiger partial charge in [0.15, 0.2) is 11.5 Å². The summed E-state index contributed by atoms with van der Waals surface area (Å²) in [4.78, 5) is 36.3. The molecule has 0 bridgehead atoms. The largest absolute Gasteiger partial charge is 0.493 e. The van der Waals surface area contributed by atoms with Gasteiger partial charge in [-0.15, -0.1) is 0 Å². The highest BCUT2D eigenvalue weighted by molar-refractivity contribution is 5.92. The normalized spacial score (nSPS) is 22.0. The van der Waals surface area contributed by atoms with E-state index in [1.807, 2.05) is 6.08 Å². The van der Waals surface area contributed by atoms with Gasteiger partial charge in [0.2, 0.25) is 11.7 Å². The van der Waals surface area contributed by atoms with E-state index >= 15 is 0 Å². The first-order chi connectivity index (χ1) is 15.9. The number of rotatable bonds is 6. The molecule has 1 amide bonds. The maximum absolute atomic E-state index is 13.3. The minimum Gasteiger partial charge on any atom is -0.493 e. The first-order valence-electron chi connectivity index (χ1n) is 10.4. The van der Waals surface area contributed by atoms with Crippen molar-refractivity contribution in [1.29, 1.82) is 0 Å². The highest BCUT2D eigenvalue weighted by atomic mass is 16.6. The molecule has 2 aliphatic rings. The van der Waals surface area contributed by atoms with Crippen molar-refractivity contribution in [1.82, 2.24) is 5.32 Å². The van der Waals surface area contributed by atoms with Gasteiger partial charge in [-0.2, -0.15) is 0 Å². The molecule has 1 saturated heterocycles. The zero-order valence-electron chi connectivity index (χ0n) is 18.5. The summed E-state index contributed by atoms with van der Waals surface area (Å²) in [6.07, 6.45) is 2.29. The predicted octanol–water partition coefficient (Wildman–Crippen LogP) is 3.48. The molecule has 2 aromatic carbocycles. The topological polar surface area (TPSA) is 117 Å². The predicted molar refractivity (Wildman–Crippen MR) is 119 cm³/mol. The van der Waals surface area contributed by atoms with Crippen LogP contribution in [0, 0.1) is 16.0 Å². The number of amides is 1. The van der Waals surface area contributed by atoms with Gasteiger partial charge in [0.1, 0.15) is 5.78 Å². The number of methoxy groups -OCH3 is 3. The molecule has 4 rings (SSSR count). The molecule has 2 aromatic rings. The van der Waals surface area contributed by atoms with E-state index in [1.165, 1.54) is 33.5 Å². The van der Waals surface area contributed by atoms with Gasteiger partial charge in [-0.3, -0.25) is 19.7 Å². The number of hydrogen-bond donors (Lipinski definition) is 1. The van der Waals surface area contributed by atoms with Gasteiger partial charge in [-0.1, -0.05) is 18.2 Å². The smallest absolute Gasteiger partial charge is 0.269 e. The third kappa shape index (κ3) is 4.13. The summed E-state index contributed by atoms with van der Waals surface area (Å²) >= 11 is 0. The highest BCUT2D eigenvalue weighted by Crippen LogP contribution is 2.46. The molecule has 1 aliphatic heterocycles. The molecule has 1 fully saturated rings. The number of hydrogen-bond acceptors (Lipinski definition) is 7. The zero-order chi connectivity index (χ0) is 23.7. The highest BCUT2D eigenvalue weighted by Gasteiger charge is 2.42. The number of ketones is 1. The van der Waals surface area contributed by atoms with E-state index in [-0.39, 0.29) is 42.1 Å². The van der Waals surface area contributed by atoms with Crippen LogP contribution in [0.4, 0.5) is 5.69 Å². The van der Waals surface area contributed by atoms with Gasteiger partial charge in [-0.05, 0) is 23.3 Å². The zero-order valence-corrected chi connectivity index (χ0v) is 18.5. The van der Waals surface area contributed by atoms with Crippen molar-refractivity contribution < 1.29 is 28.7 Å². The number of ether oxygens (including phenoxy) is 3. The van der Waals surface area contributed by atoms with Crippen molar-refractivity contribution in [3.05, 3.63) is 69.4 Å². The van der Waals surface area contributed by atoms with Gasteiger partial charge in [0, 0.05) is 42.5 Å². The van der Waals surface area contributed by atoms with Crippen LogP contribution in [0.1, 0.15) is 35.8 Å². The van der Waals surface area contributed by atoms with Crippen molar-refractivity contribution in [3.8, 4) is 17.2 Å². The summed E-state index contributed by atoms with van der Waals surface area (Å²) in [5.41, 5.74) is 2.05. The van der Waals surface area contributed by atoms with Gasteiger partial charge < -0.3 is 19.5 Å². The summed E-state index contributed by atoms with van der Waals surface area (Å²) in [7, 11) is 4.57. The fraction of sp³-hybridized carbons (Fsp3) is 0.333. The molecule has 1 aliphatic carbocycles. The van der Waals surface area contributed by atoms with Gasteiger partial charge in [0.25, 0.3) is 5.69 Å². The van der Waals surface area contributed by atoms with E-state index in [9.17, 15) is 19.7 Å². The molecule has 172 valence electrons.